The number of pyridine rings is 1. The highest BCUT2D eigenvalue weighted by molar-refractivity contribution is 7.89. The van der Waals surface area contributed by atoms with Crippen LogP contribution in [-0.2, 0) is 23.0 Å². The number of nitrogens with zero attached hydrogens (tertiary/aromatic N) is 2. The maximum Gasteiger partial charge on any atom is 0.241 e. The summed E-state index contributed by atoms with van der Waals surface area (Å²) in [5.41, 5.74) is 0. The molecule has 20 heavy (non-hydrogen) atoms. The fourth-order valence-corrected chi connectivity index (χ4v) is 2.54. The maximum absolute atomic E-state index is 12.1. The Balaban J connectivity index is 2.10. The minimum absolute atomic E-state index is 0.0134. The zero-order valence-corrected chi connectivity index (χ0v) is 12.1. The van der Waals surface area contributed by atoms with Crippen molar-refractivity contribution in [3.63, 3.8) is 0 Å². The van der Waals surface area contributed by atoms with E-state index in [1.807, 2.05) is 6.92 Å². The molecule has 0 atom stereocenters. The van der Waals surface area contributed by atoms with Crippen LogP contribution in [0.4, 0.5) is 5.82 Å². The largest absolute Gasteiger partial charge is 0.444 e. The number of nitrogens with one attached hydrogen (secondary N) is 2. The van der Waals surface area contributed by atoms with Crippen molar-refractivity contribution in [1.82, 2.24) is 14.7 Å². The Labute approximate surface area is 117 Å². The molecular formula is C12H16N4O3S. The van der Waals surface area contributed by atoms with Gasteiger partial charge in [0.25, 0.3) is 0 Å². The molecular weight excluding hydrogens is 280 g/mol. The number of aryl methyl sites for hydroxylation is 1. The lowest BCUT2D eigenvalue weighted by atomic mass is 10.4. The molecule has 0 aliphatic heterocycles. The van der Waals surface area contributed by atoms with Gasteiger partial charge in [-0.15, -0.1) is 0 Å². The van der Waals surface area contributed by atoms with Gasteiger partial charge in [0.2, 0.25) is 15.9 Å². The average Bonchev–Trinajstić information content (AvgIpc) is 2.93. The fraction of sp³-hybridized carbons (Fsp3) is 0.333. The molecule has 0 amide bonds. The van der Waals surface area contributed by atoms with Gasteiger partial charge in [-0.25, -0.2) is 23.1 Å². The molecule has 2 heterocycles. The number of sulfonamides is 1. The van der Waals surface area contributed by atoms with Gasteiger partial charge in [-0.1, -0.05) is 6.92 Å². The summed E-state index contributed by atoms with van der Waals surface area (Å²) in [4.78, 5) is 8.11. The molecule has 2 N–H and O–H groups in total. The lowest BCUT2D eigenvalue weighted by Gasteiger charge is -2.06. The molecule has 0 radical (unpaired) electrons. The molecule has 108 valence electrons. The molecule has 8 heteroatoms. The molecule has 0 bridgehead atoms. The molecule has 7 nitrogen and oxygen atoms in total. The van der Waals surface area contributed by atoms with E-state index in [9.17, 15) is 8.42 Å². The van der Waals surface area contributed by atoms with Gasteiger partial charge in [-0.3, -0.25) is 0 Å². The average molecular weight is 296 g/mol. The van der Waals surface area contributed by atoms with E-state index in [0.29, 0.717) is 11.7 Å². The minimum atomic E-state index is -3.62. The Morgan fingerprint density at radius 3 is 2.80 bits per heavy atom. The number of anilines is 1. The Morgan fingerprint density at radius 1 is 1.35 bits per heavy atom. The van der Waals surface area contributed by atoms with Gasteiger partial charge in [-0.05, 0) is 6.07 Å². The van der Waals surface area contributed by atoms with Crippen molar-refractivity contribution in [2.24, 2.45) is 0 Å². The second-order valence-electron chi connectivity index (χ2n) is 4.03. The van der Waals surface area contributed by atoms with Gasteiger partial charge in [0, 0.05) is 25.7 Å². The van der Waals surface area contributed by atoms with E-state index in [4.69, 9.17) is 4.42 Å². The van der Waals surface area contributed by atoms with Crippen LogP contribution >= 0.6 is 0 Å². The van der Waals surface area contributed by atoms with E-state index in [0.717, 1.165) is 12.2 Å². The summed E-state index contributed by atoms with van der Waals surface area (Å²) >= 11 is 0. The molecule has 0 unspecified atom stereocenters. The topological polar surface area (TPSA) is 97.1 Å². The van der Waals surface area contributed by atoms with Gasteiger partial charge in [-0.2, -0.15) is 0 Å². The van der Waals surface area contributed by atoms with Gasteiger partial charge in [0.15, 0.2) is 0 Å². The van der Waals surface area contributed by atoms with Crippen LogP contribution in [-0.4, -0.2) is 25.4 Å². The third kappa shape index (κ3) is 3.34. The maximum atomic E-state index is 12.1. The van der Waals surface area contributed by atoms with Crippen molar-refractivity contribution >= 4 is 15.8 Å². The molecule has 0 aliphatic carbocycles. The van der Waals surface area contributed by atoms with Crippen LogP contribution in [0.1, 0.15) is 18.6 Å². The predicted molar refractivity (Wildman–Crippen MR) is 73.7 cm³/mol. The van der Waals surface area contributed by atoms with E-state index < -0.39 is 10.0 Å². The van der Waals surface area contributed by atoms with Gasteiger partial charge >= 0.3 is 0 Å². The van der Waals surface area contributed by atoms with Crippen LogP contribution in [0.5, 0.6) is 0 Å². The quantitative estimate of drug-likeness (QED) is 0.830. The number of aromatic nitrogens is 2. The van der Waals surface area contributed by atoms with Gasteiger partial charge in [0.1, 0.15) is 11.6 Å². The first-order valence-corrected chi connectivity index (χ1v) is 7.60. The van der Waals surface area contributed by atoms with Crippen LogP contribution < -0.4 is 10.0 Å². The fourth-order valence-electron chi connectivity index (χ4n) is 1.55. The molecule has 0 saturated heterocycles. The Kier molecular flexibility index (Phi) is 4.35. The van der Waals surface area contributed by atoms with E-state index in [-0.39, 0.29) is 11.4 Å². The number of hydrogen-bond donors (Lipinski definition) is 2. The Hall–Kier alpha value is -1.93. The zero-order valence-electron chi connectivity index (χ0n) is 11.3. The SMILES string of the molecule is CCc1cnc(CNS(=O)(=O)c2ccnc(NC)c2)o1. The molecule has 0 aliphatic rings. The summed E-state index contributed by atoms with van der Waals surface area (Å²) in [6.45, 7) is 1.95. The number of rotatable bonds is 6. The third-order valence-electron chi connectivity index (χ3n) is 2.66. The lowest BCUT2D eigenvalue weighted by molar-refractivity contribution is 0.452. The monoisotopic (exact) mass is 296 g/mol. The third-order valence-corrected chi connectivity index (χ3v) is 4.06. The highest BCUT2D eigenvalue weighted by Gasteiger charge is 2.15. The van der Waals surface area contributed by atoms with Crippen LogP contribution in [0.2, 0.25) is 0 Å². The summed E-state index contributed by atoms with van der Waals surface area (Å²) in [6.07, 6.45) is 3.74. The Bertz CT molecular complexity index is 682. The second-order valence-corrected chi connectivity index (χ2v) is 5.79. The standard InChI is InChI=1S/C12H16N4O3S/c1-3-9-7-15-12(19-9)8-16-20(17,18)10-4-5-14-11(6-10)13-2/h4-7,16H,3,8H2,1-2H3,(H,13,14). The van der Waals surface area contributed by atoms with Crippen LogP contribution in [0, 0.1) is 0 Å². The summed E-state index contributed by atoms with van der Waals surface area (Å²) in [6, 6.07) is 2.88. The van der Waals surface area contributed by atoms with Crippen molar-refractivity contribution in [1.29, 1.82) is 0 Å². The van der Waals surface area contributed by atoms with Crippen molar-refractivity contribution in [2.45, 2.75) is 24.8 Å². The lowest BCUT2D eigenvalue weighted by Crippen LogP contribution is -2.23. The molecule has 2 aromatic rings. The molecule has 0 fully saturated rings. The normalized spacial score (nSPS) is 11.5. The zero-order chi connectivity index (χ0) is 14.6. The molecule has 2 rings (SSSR count). The highest BCUT2D eigenvalue weighted by Crippen LogP contribution is 2.13. The molecule has 0 aromatic carbocycles. The van der Waals surface area contributed by atoms with E-state index in [2.05, 4.69) is 20.0 Å². The number of hydrogen-bond acceptors (Lipinski definition) is 6. The van der Waals surface area contributed by atoms with Crippen molar-refractivity contribution in [2.75, 3.05) is 12.4 Å². The van der Waals surface area contributed by atoms with Crippen molar-refractivity contribution in [3.8, 4) is 0 Å². The van der Waals surface area contributed by atoms with Crippen LogP contribution in [0.3, 0.4) is 0 Å². The van der Waals surface area contributed by atoms with Crippen molar-refractivity contribution < 1.29 is 12.8 Å². The van der Waals surface area contributed by atoms with Gasteiger partial charge in [0.05, 0.1) is 17.6 Å². The molecule has 0 spiro atoms. The van der Waals surface area contributed by atoms with Crippen molar-refractivity contribution in [3.05, 3.63) is 36.2 Å². The molecule has 2 aromatic heterocycles. The highest BCUT2D eigenvalue weighted by atomic mass is 32.2. The summed E-state index contributed by atoms with van der Waals surface area (Å²) in [5, 5.41) is 2.79. The molecule has 0 saturated carbocycles. The summed E-state index contributed by atoms with van der Waals surface area (Å²) in [7, 11) is -1.95. The smallest absolute Gasteiger partial charge is 0.241 e. The van der Waals surface area contributed by atoms with E-state index in [1.165, 1.54) is 18.3 Å². The first-order valence-electron chi connectivity index (χ1n) is 6.12. The van der Waals surface area contributed by atoms with Crippen LogP contribution in [0.15, 0.2) is 33.8 Å². The summed E-state index contributed by atoms with van der Waals surface area (Å²) < 4.78 is 32.0. The Morgan fingerprint density at radius 2 is 2.15 bits per heavy atom. The number of oxazole rings is 1. The minimum Gasteiger partial charge on any atom is -0.444 e. The predicted octanol–water partition coefficient (Wildman–Crippen LogP) is 1.15. The first-order chi connectivity index (χ1) is 9.55. The van der Waals surface area contributed by atoms with Gasteiger partial charge < -0.3 is 9.73 Å². The van der Waals surface area contributed by atoms with E-state index >= 15 is 0 Å². The summed E-state index contributed by atoms with van der Waals surface area (Å²) in [5.74, 6) is 1.55. The van der Waals surface area contributed by atoms with E-state index in [1.54, 1.807) is 13.2 Å². The van der Waals surface area contributed by atoms with Crippen LogP contribution in [0.25, 0.3) is 0 Å². The first kappa shape index (κ1) is 14.5. The second kappa shape index (κ2) is 6.02.